The molecular formula is C15H20N2O4. The molecule has 1 aromatic rings. The number of aliphatic carboxylic acids is 1. The van der Waals surface area contributed by atoms with Crippen LogP contribution in [0, 0.1) is 12.8 Å². The summed E-state index contributed by atoms with van der Waals surface area (Å²) in [6.07, 6.45) is 2.84. The Bertz CT molecular complexity index is 622. The van der Waals surface area contributed by atoms with Crippen LogP contribution in [0.5, 0.6) is 0 Å². The van der Waals surface area contributed by atoms with Gasteiger partial charge in [0.25, 0.3) is 11.5 Å². The number of amides is 1. The van der Waals surface area contributed by atoms with E-state index in [1.54, 1.807) is 13.0 Å². The number of aryl methyl sites for hydroxylation is 1. The lowest BCUT2D eigenvalue weighted by atomic mass is 9.73. The van der Waals surface area contributed by atoms with Gasteiger partial charge in [0.05, 0.1) is 0 Å². The lowest BCUT2D eigenvalue weighted by Crippen LogP contribution is -2.60. The number of nitrogens with one attached hydrogen (secondary N) is 2. The van der Waals surface area contributed by atoms with Crippen molar-refractivity contribution in [3.8, 4) is 0 Å². The number of hydrogen-bond donors (Lipinski definition) is 3. The average Bonchev–Trinajstić information content (AvgIpc) is 2.41. The van der Waals surface area contributed by atoms with E-state index in [9.17, 15) is 19.5 Å². The molecule has 21 heavy (non-hydrogen) atoms. The lowest BCUT2D eigenvalue weighted by Gasteiger charge is -2.39. The largest absolute Gasteiger partial charge is 0.479 e. The number of carboxylic acid groups (broad SMARTS) is 1. The highest BCUT2D eigenvalue weighted by Gasteiger charge is 2.46. The molecular weight excluding hydrogens is 272 g/mol. The van der Waals surface area contributed by atoms with E-state index in [1.807, 2.05) is 6.92 Å². The predicted octanol–water partition coefficient (Wildman–Crippen LogP) is 1.45. The first kappa shape index (κ1) is 15.3. The third-order valence-corrected chi connectivity index (χ3v) is 4.32. The average molecular weight is 292 g/mol. The van der Waals surface area contributed by atoms with Crippen LogP contribution in [-0.4, -0.2) is 27.5 Å². The summed E-state index contributed by atoms with van der Waals surface area (Å²) >= 11 is 0. The van der Waals surface area contributed by atoms with Crippen LogP contribution in [0.25, 0.3) is 0 Å². The van der Waals surface area contributed by atoms with Crippen LogP contribution in [0.1, 0.15) is 48.7 Å². The SMILES string of the molecule is Cc1ccc(C(=O)NC2(C(=O)O)CCCCC2C)c(=O)[nH]1. The lowest BCUT2D eigenvalue weighted by molar-refractivity contribution is -0.148. The van der Waals surface area contributed by atoms with Crippen molar-refractivity contribution in [2.75, 3.05) is 0 Å². The molecule has 1 aliphatic carbocycles. The summed E-state index contributed by atoms with van der Waals surface area (Å²) in [4.78, 5) is 38.4. The number of pyridine rings is 1. The van der Waals surface area contributed by atoms with Crippen molar-refractivity contribution in [3.05, 3.63) is 33.7 Å². The fourth-order valence-electron chi connectivity index (χ4n) is 2.92. The molecule has 0 radical (unpaired) electrons. The van der Waals surface area contributed by atoms with Gasteiger partial charge < -0.3 is 15.4 Å². The first-order valence-corrected chi connectivity index (χ1v) is 7.12. The van der Waals surface area contributed by atoms with E-state index in [0.717, 1.165) is 19.3 Å². The van der Waals surface area contributed by atoms with E-state index in [0.29, 0.717) is 12.1 Å². The number of hydrogen-bond acceptors (Lipinski definition) is 3. The Balaban J connectivity index is 2.31. The van der Waals surface area contributed by atoms with Gasteiger partial charge in [-0.05, 0) is 37.8 Å². The summed E-state index contributed by atoms with van der Waals surface area (Å²) < 4.78 is 0. The summed E-state index contributed by atoms with van der Waals surface area (Å²) in [5.41, 5.74) is -1.20. The molecule has 2 rings (SSSR count). The van der Waals surface area contributed by atoms with Crippen LogP contribution in [0.3, 0.4) is 0 Å². The van der Waals surface area contributed by atoms with E-state index < -0.39 is 23.0 Å². The minimum absolute atomic E-state index is 0.0565. The van der Waals surface area contributed by atoms with Crippen LogP contribution in [0.4, 0.5) is 0 Å². The zero-order chi connectivity index (χ0) is 15.6. The number of H-pyrrole nitrogens is 1. The van der Waals surface area contributed by atoms with Crippen molar-refractivity contribution < 1.29 is 14.7 Å². The number of carbonyl (C=O) groups excluding carboxylic acids is 1. The minimum Gasteiger partial charge on any atom is -0.479 e. The fourth-order valence-corrected chi connectivity index (χ4v) is 2.92. The second kappa shape index (κ2) is 5.71. The predicted molar refractivity (Wildman–Crippen MR) is 77.3 cm³/mol. The standard InChI is InChI=1S/C15H20N2O4/c1-9-5-3-4-8-15(9,14(20)21)17-13(19)11-7-6-10(2)16-12(11)18/h6-7,9H,3-5,8H2,1-2H3,(H,16,18)(H,17,19)(H,20,21). The zero-order valence-electron chi connectivity index (χ0n) is 12.2. The number of aromatic amines is 1. The van der Waals surface area contributed by atoms with E-state index in [2.05, 4.69) is 10.3 Å². The van der Waals surface area contributed by atoms with Crippen molar-refractivity contribution in [2.45, 2.75) is 45.1 Å². The van der Waals surface area contributed by atoms with E-state index in [-0.39, 0.29) is 11.5 Å². The van der Waals surface area contributed by atoms with E-state index >= 15 is 0 Å². The molecule has 2 unspecified atom stereocenters. The first-order chi connectivity index (χ1) is 9.86. The van der Waals surface area contributed by atoms with Gasteiger partial charge in [-0.2, -0.15) is 0 Å². The number of carbonyl (C=O) groups is 2. The van der Waals surface area contributed by atoms with Gasteiger partial charge in [-0.1, -0.05) is 19.8 Å². The van der Waals surface area contributed by atoms with Crippen LogP contribution >= 0.6 is 0 Å². The van der Waals surface area contributed by atoms with Gasteiger partial charge >= 0.3 is 5.97 Å². The molecule has 0 spiro atoms. The molecule has 1 amide bonds. The monoisotopic (exact) mass is 292 g/mol. The highest BCUT2D eigenvalue weighted by atomic mass is 16.4. The Kier molecular flexibility index (Phi) is 4.16. The van der Waals surface area contributed by atoms with E-state index in [1.165, 1.54) is 6.07 Å². The maximum atomic E-state index is 12.3. The summed E-state index contributed by atoms with van der Waals surface area (Å²) in [6.45, 7) is 3.54. The van der Waals surface area contributed by atoms with Gasteiger partial charge in [0.1, 0.15) is 11.1 Å². The molecule has 6 nitrogen and oxygen atoms in total. The van der Waals surface area contributed by atoms with Crippen molar-refractivity contribution in [2.24, 2.45) is 5.92 Å². The van der Waals surface area contributed by atoms with Gasteiger partial charge in [-0.25, -0.2) is 4.79 Å². The topological polar surface area (TPSA) is 99.3 Å². The smallest absolute Gasteiger partial charge is 0.329 e. The summed E-state index contributed by atoms with van der Waals surface area (Å²) in [5.74, 6) is -1.84. The Hall–Kier alpha value is -2.11. The molecule has 0 aromatic carbocycles. The van der Waals surface area contributed by atoms with Crippen LogP contribution in [0.15, 0.2) is 16.9 Å². The Morgan fingerprint density at radius 1 is 1.38 bits per heavy atom. The summed E-state index contributed by atoms with van der Waals surface area (Å²) in [5, 5.41) is 12.2. The number of rotatable bonds is 3. The van der Waals surface area contributed by atoms with Gasteiger partial charge in [-0.3, -0.25) is 9.59 Å². The first-order valence-electron chi connectivity index (χ1n) is 7.12. The van der Waals surface area contributed by atoms with E-state index in [4.69, 9.17) is 0 Å². The molecule has 1 aliphatic rings. The molecule has 6 heteroatoms. The normalized spacial score (nSPS) is 25.3. The zero-order valence-corrected chi connectivity index (χ0v) is 12.2. The number of carboxylic acids is 1. The van der Waals surface area contributed by atoms with Crippen molar-refractivity contribution in [1.82, 2.24) is 10.3 Å². The molecule has 2 atom stereocenters. The molecule has 1 saturated carbocycles. The molecule has 0 saturated heterocycles. The van der Waals surface area contributed by atoms with Crippen molar-refractivity contribution in [3.63, 3.8) is 0 Å². The number of aromatic nitrogens is 1. The summed E-state index contributed by atoms with van der Waals surface area (Å²) in [6, 6.07) is 3.04. The van der Waals surface area contributed by atoms with Gasteiger partial charge in [-0.15, -0.1) is 0 Å². The van der Waals surface area contributed by atoms with Crippen molar-refractivity contribution >= 4 is 11.9 Å². The molecule has 1 aromatic heterocycles. The third kappa shape index (κ3) is 2.84. The Morgan fingerprint density at radius 3 is 2.67 bits per heavy atom. The highest BCUT2D eigenvalue weighted by Crippen LogP contribution is 2.34. The van der Waals surface area contributed by atoms with Crippen LogP contribution < -0.4 is 10.9 Å². The molecule has 1 heterocycles. The third-order valence-electron chi connectivity index (χ3n) is 4.32. The molecule has 0 bridgehead atoms. The second-order valence-electron chi connectivity index (χ2n) is 5.76. The van der Waals surface area contributed by atoms with Gasteiger partial charge in [0.2, 0.25) is 0 Å². The van der Waals surface area contributed by atoms with Gasteiger partial charge in [0.15, 0.2) is 0 Å². The maximum Gasteiger partial charge on any atom is 0.329 e. The Labute approximate surface area is 122 Å². The Morgan fingerprint density at radius 2 is 2.10 bits per heavy atom. The molecule has 1 fully saturated rings. The van der Waals surface area contributed by atoms with Gasteiger partial charge in [0, 0.05) is 5.69 Å². The molecule has 3 N–H and O–H groups in total. The molecule has 114 valence electrons. The quantitative estimate of drug-likeness (QED) is 0.785. The molecule has 0 aliphatic heterocycles. The summed E-state index contributed by atoms with van der Waals surface area (Å²) in [7, 11) is 0. The maximum absolute atomic E-state index is 12.3. The van der Waals surface area contributed by atoms with Crippen LogP contribution in [-0.2, 0) is 4.79 Å². The van der Waals surface area contributed by atoms with Crippen molar-refractivity contribution in [1.29, 1.82) is 0 Å². The van der Waals surface area contributed by atoms with Crippen LogP contribution in [0.2, 0.25) is 0 Å². The highest BCUT2D eigenvalue weighted by molar-refractivity contribution is 5.97. The fraction of sp³-hybridized carbons (Fsp3) is 0.533. The second-order valence-corrected chi connectivity index (χ2v) is 5.76. The minimum atomic E-state index is -1.29.